The standard InChI is InChI=1S/C31H35N3O5/c1-20-7-4-5-9-26(20)32-31(38)33-27-15-14-24(18-28(27)39-3)25-8-6-16-34(30(25)37)19-22-10-12-23(13-11-22)21(2)17-29(35)36/h4-5,7,9-15,18,21,25H,6,8,16-17,19H2,1-3H3,(H,35,36)(H2,32,33,38). The van der Waals surface area contributed by atoms with Gasteiger partial charge in [0, 0.05) is 18.8 Å². The Kier molecular flexibility index (Phi) is 8.86. The number of nitrogens with one attached hydrogen (secondary N) is 2. The van der Waals surface area contributed by atoms with Crippen LogP contribution in [-0.4, -0.2) is 41.6 Å². The molecule has 204 valence electrons. The molecule has 1 aliphatic rings. The van der Waals surface area contributed by atoms with Crippen LogP contribution in [0.5, 0.6) is 5.75 Å². The van der Waals surface area contributed by atoms with Crippen LogP contribution in [0.25, 0.3) is 0 Å². The predicted molar refractivity (Wildman–Crippen MR) is 151 cm³/mol. The Morgan fingerprint density at radius 1 is 1.05 bits per heavy atom. The minimum absolute atomic E-state index is 0.0598. The molecule has 2 atom stereocenters. The summed E-state index contributed by atoms with van der Waals surface area (Å²) < 4.78 is 5.56. The zero-order valence-electron chi connectivity index (χ0n) is 22.6. The number of benzene rings is 3. The van der Waals surface area contributed by atoms with Crippen LogP contribution in [-0.2, 0) is 16.1 Å². The van der Waals surface area contributed by atoms with E-state index in [0.717, 1.165) is 40.8 Å². The van der Waals surface area contributed by atoms with Gasteiger partial charge in [-0.25, -0.2) is 4.79 Å². The molecular formula is C31H35N3O5. The third kappa shape index (κ3) is 6.96. The first-order valence-corrected chi connectivity index (χ1v) is 13.2. The van der Waals surface area contributed by atoms with Crippen molar-refractivity contribution < 1.29 is 24.2 Å². The summed E-state index contributed by atoms with van der Waals surface area (Å²) in [5.41, 5.74) is 5.03. The number of carboxylic acids is 1. The minimum atomic E-state index is -0.817. The van der Waals surface area contributed by atoms with Crippen molar-refractivity contribution in [3.8, 4) is 5.75 Å². The lowest BCUT2D eigenvalue weighted by atomic mass is 9.89. The lowest BCUT2D eigenvalue weighted by Gasteiger charge is -2.33. The summed E-state index contributed by atoms with van der Waals surface area (Å²) in [5.74, 6) is -0.633. The quantitative estimate of drug-likeness (QED) is 0.309. The Bertz CT molecular complexity index is 1340. The molecule has 0 aliphatic carbocycles. The second-order valence-corrected chi connectivity index (χ2v) is 10.0. The van der Waals surface area contributed by atoms with Crippen molar-refractivity contribution in [2.75, 3.05) is 24.3 Å². The fraction of sp³-hybridized carbons (Fsp3) is 0.323. The normalized spacial score (nSPS) is 15.9. The molecule has 0 aromatic heterocycles. The highest BCUT2D eigenvalue weighted by Gasteiger charge is 2.30. The van der Waals surface area contributed by atoms with Crippen molar-refractivity contribution in [1.82, 2.24) is 4.90 Å². The summed E-state index contributed by atoms with van der Waals surface area (Å²) in [6, 6.07) is 20.5. The van der Waals surface area contributed by atoms with Gasteiger partial charge in [0.15, 0.2) is 0 Å². The Morgan fingerprint density at radius 2 is 1.77 bits per heavy atom. The van der Waals surface area contributed by atoms with E-state index in [4.69, 9.17) is 9.84 Å². The molecular weight excluding hydrogens is 494 g/mol. The van der Waals surface area contributed by atoms with Crippen LogP contribution in [0, 0.1) is 6.92 Å². The average Bonchev–Trinajstić information content (AvgIpc) is 2.91. The van der Waals surface area contributed by atoms with Gasteiger partial charge in [0.25, 0.3) is 0 Å². The number of likely N-dealkylation sites (tertiary alicyclic amines) is 1. The smallest absolute Gasteiger partial charge is 0.323 e. The molecule has 1 aliphatic heterocycles. The fourth-order valence-electron chi connectivity index (χ4n) is 4.98. The first kappa shape index (κ1) is 27.7. The van der Waals surface area contributed by atoms with Gasteiger partial charge in [-0.15, -0.1) is 0 Å². The van der Waals surface area contributed by atoms with Gasteiger partial charge < -0.3 is 25.4 Å². The maximum absolute atomic E-state index is 13.5. The minimum Gasteiger partial charge on any atom is -0.495 e. The van der Waals surface area contributed by atoms with Crippen LogP contribution in [0.4, 0.5) is 16.2 Å². The first-order valence-electron chi connectivity index (χ1n) is 13.2. The molecule has 4 rings (SSSR count). The topological polar surface area (TPSA) is 108 Å². The number of urea groups is 1. The molecule has 0 bridgehead atoms. The Balaban J connectivity index is 1.42. The van der Waals surface area contributed by atoms with Crippen molar-refractivity contribution in [2.24, 2.45) is 0 Å². The van der Waals surface area contributed by atoms with Crippen LogP contribution in [0.15, 0.2) is 66.7 Å². The van der Waals surface area contributed by atoms with E-state index >= 15 is 0 Å². The van der Waals surface area contributed by atoms with Crippen LogP contribution in [0.2, 0.25) is 0 Å². The summed E-state index contributed by atoms with van der Waals surface area (Å²) in [6.45, 7) is 5.00. The van der Waals surface area contributed by atoms with E-state index in [1.165, 1.54) is 0 Å². The van der Waals surface area contributed by atoms with Gasteiger partial charge in [-0.1, -0.05) is 55.5 Å². The monoisotopic (exact) mass is 529 g/mol. The number of hydrogen-bond acceptors (Lipinski definition) is 4. The van der Waals surface area contributed by atoms with Gasteiger partial charge in [-0.3, -0.25) is 9.59 Å². The molecule has 1 heterocycles. The van der Waals surface area contributed by atoms with Gasteiger partial charge in [0.1, 0.15) is 5.75 Å². The molecule has 0 saturated carbocycles. The number of aliphatic carboxylic acids is 1. The number of piperidine rings is 1. The zero-order chi connectivity index (χ0) is 27.9. The highest BCUT2D eigenvalue weighted by molar-refractivity contribution is 6.01. The maximum Gasteiger partial charge on any atom is 0.323 e. The number of hydrogen-bond donors (Lipinski definition) is 3. The predicted octanol–water partition coefficient (Wildman–Crippen LogP) is 6.13. The molecule has 39 heavy (non-hydrogen) atoms. The largest absolute Gasteiger partial charge is 0.495 e. The molecule has 8 heteroatoms. The molecule has 0 spiro atoms. The van der Waals surface area contributed by atoms with E-state index in [1.807, 2.05) is 79.4 Å². The van der Waals surface area contributed by atoms with Crippen molar-refractivity contribution in [3.63, 3.8) is 0 Å². The van der Waals surface area contributed by atoms with Gasteiger partial charge in [-0.2, -0.15) is 0 Å². The Labute approximate surface area is 229 Å². The molecule has 2 unspecified atom stereocenters. The lowest BCUT2D eigenvalue weighted by molar-refractivity contribution is -0.137. The number of nitrogens with zero attached hydrogens (tertiary/aromatic N) is 1. The highest BCUT2D eigenvalue weighted by Crippen LogP contribution is 2.34. The lowest BCUT2D eigenvalue weighted by Crippen LogP contribution is -2.39. The van der Waals surface area contributed by atoms with E-state index < -0.39 is 5.97 Å². The second kappa shape index (κ2) is 12.5. The third-order valence-electron chi connectivity index (χ3n) is 7.20. The van der Waals surface area contributed by atoms with Crippen molar-refractivity contribution in [1.29, 1.82) is 0 Å². The van der Waals surface area contributed by atoms with Gasteiger partial charge in [0.05, 0.1) is 25.1 Å². The summed E-state index contributed by atoms with van der Waals surface area (Å²) in [7, 11) is 1.54. The second-order valence-electron chi connectivity index (χ2n) is 10.0. The number of ether oxygens (including phenoxy) is 1. The SMILES string of the molecule is COc1cc(C2CCCN(Cc3ccc(C(C)CC(=O)O)cc3)C2=O)ccc1NC(=O)Nc1ccccc1C. The van der Waals surface area contributed by atoms with E-state index in [1.54, 1.807) is 13.2 Å². The fourth-order valence-corrected chi connectivity index (χ4v) is 4.98. The van der Waals surface area contributed by atoms with Crippen LogP contribution in [0.3, 0.4) is 0 Å². The average molecular weight is 530 g/mol. The van der Waals surface area contributed by atoms with Crippen molar-refractivity contribution >= 4 is 29.3 Å². The number of para-hydroxylation sites is 1. The maximum atomic E-state index is 13.5. The number of amides is 3. The molecule has 3 aromatic rings. The summed E-state index contributed by atoms with van der Waals surface area (Å²) >= 11 is 0. The molecule has 3 aromatic carbocycles. The molecule has 8 nitrogen and oxygen atoms in total. The van der Waals surface area contributed by atoms with E-state index in [-0.39, 0.29) is 30.2 Å². The number of anilines is 2. The zero-order valence-corrected chi connectivity index (χ0v) is 22.6. The summed E-state index contributed by atoms with van der Waals surface area (Å²) in [5, 5.41) is 14.7. The summed E-state index contributed by atoms with van der Waals surface area (Å²) in [4.78, 5) is 38.9. The number of rotatable bonds is 9. The number of carbonyl (C=O) groups excluding carboxylic acids is 2. The van der Waals surface area contributed by atoms with Crippen LogP contribution in [0.1, 0.15) is 60.3 Å². The van der Waals surface area contributed by atoms with Crippen molar-refractivity contribution in [2.45, 2.75) is 51.5 Å². The van der Waals surface area contributed by atoms with E-state index in [0.29, 0.717) is 24.5 Å². The van der Waals surface area contributed by atoms with E-state index in [2.05, 4.69) is 10.6 Å². The first-order chi connectivity index (χ1) is 18.7. The number of aryl methyl sites for hydroxylation is 1. The Hall–Kier alpha value is -4.33. The van der Waals surface area contributed by atoms with Crippen molar-refractivity contribution in [3.05, 3.63) is 89.0 Å². The highest BCUT2D eigenvalue weighted by atomic mass is 16.5. The summed E-state index contributed by atoms with van der Waals surface area (Å²) in [6.07, 6.45) is 1.71. The van der Waals surface area contributed by atoms with E-state index in [9.17, 15) is 14.4 Å². The molecule has 1 saturated heterocycles. The molecule has 3 amide bonds. The Morgan fingerprint density at radius 3 is 2.46 bits per heavy atom. The molecule has 1 fully saturated rings. The number of carboxylic acid groups (broad SMARTS) is 1. The van der Waals surface area contributed by atoms with Gasteiger partial charge in [0.2, 0.25) is 5.91 Å². The third-order valence-corrected chi connectivity index (χ3v) is 7.20. The number of carbonyl (C=O) groups is 3. The molecule has 3 N–H and O–H groups in total. The molecule has 0 radical (unpaired) electrons. The number of methoxy groups -OCH3 is 1. The van der Waals surface area contributed by atoms with Gasteiger partial charge in [-0.05, 0) is 66.1 Å². The van der Waals surface area contributed by atoms with Crippen LogP contribution >= 0.6 is 0 Å². The van der Waals surface area contributed by atoms with Crippen LogP contribution < -0.4 is 15.4 Å². The van der Waals surface area contributed by atoms with Gasteiger partial charge >= 0.3 is 12.0 Å².